The lowest BCUT2D eigenvalue weighted by Gasteiger charge is -2.22. The molecule has 1 amide bonds. The van der Waals surface area contributed by atoms with Crippen molar-refractivity contribution in [2.24, 2.45) is 0 Å². The smallest absolute Gasteiger partial charge is 0.411 e. The van der Waals surface area contributed by atoms with Gasteiger partial charge in [0.05, 0.1) is 17.8 Å². The van der Waals surface area contributed by atoms with Crippen molar-refractivity contribution in [3.8, 4) is 0 Å². The maximum Gasteiger partial charge on any atom is 0.411 e. The first kappa shape index (κ1) is 19.4. The van der Waals surface area contributed by atoms with Crippen molar-refractivity contribution in [3.63, 3.8) is 0 Å². The molecule has 1 aromatic carbocycles. The zero-order valence-electron chi connectivity index (χ0n) is 14.4. The van der Waals surface area contributed by atoms with Crippen LogP contribution in [0.4, 0.5) is 10.5 Å². The van der Waals surface area contributed by atoms with Gasteiger partial charge in [-0.15, -0.1) is 0 Å². The van der Waals surface area contributed by atoms with E-state index >= 15 is 0 Å². The van der Waals surface area contributed by atoms with E-state index in [4.69, 9.17) is 16.7 Å². The zero-order chi connectivity index (χ0) is 18.2. The number of nitrogens with zero attached hydrogens (tertiary/aromatic N) is 3. The predicted octanol–water partition coefficient (Wildman–Crippen LogP) is 3.47. The number of aromatic nitrogens is 1. The molecule has 0 aliphatic heterocycles. The molecule has 0 fully saturated rings. The van der Waals surface area contributed by atoms with Gasteiger partial charge in [-0.2, -0.15) is 0 Å². The fourth-order valence-corrected chi connectivity index (χ4v) is 3.00. The lowest BCUT2D eigenvalue weighted by molar-refractivity contribution is 0.197. The van der Waals surface area contributed by atoms with Crippen molar-refractivity contribution in [3.05, 3.63) is 35.5 Å². The van der Waals surface area contributed by atoms with Gasteiger partial charge in [0, 0.05) is 29.7 Å². The Labute approximate surface area is 152 Å². The number of aliphatic hydroxyl groups excluding tert-OH is 1. The molecular formula is C18H24ClN3O3. The average molecular weight is 366 g/mol. The molecule has 25 heavy (non-hydrogen) atoms. The molecule has 1 aromatic heterocycles. The third-order valence-corrected chi connectivity index (χ3v) is 4.41. The second-order valence-corrected chi connectivity index (χ2v) is 6.23. The van der Waals surface area contributed by atoms with Crippen LogP contribution in [-0.4, -0.2) is 59.0 Å². The molecule has 0 unspecified atom stereocenters. The van der Waals surface area contributed by atoms with E-state index in [1.807, 2.05) is 6.92 Å². The van der Waals surface area contributed by atoms with Gasteiger partial charge in [-0.25, -0.2) is 4.79 Å². The molecule has 2 N–H and O–H groups in total. The molecule has 6 nitrogen and oxygen atoms in total. The van der Waals surface area contributed by atoms with Crippen LogP contribution in [0.2, 0.25) is 5.02 Å². The van der Waals surface area contributed by atoms with E-state index < -0.39 is 6.09 Å². The van der Waals surface area contributed by atoms with Gasteiger partial charge >= 0.3 is 6.09 Å². The minimum absolute atomic E-state index is 0.140. The second kappa shape index (κ2) is 9.56. The first-order valence-electron chi connectivity index (χ1n) is 8.44. The van der Waals surface area contributed by atoms with E-state index in [1.54, 1.807) is 30.5 Å². The summed E-state index contributed by atoms with van der Waals surface area (Å²) >= 11 is 5.99. The highest BCUT2D eigenvalue weighted by Crippen LogP contribution is 2.27. The van der Waals surface area contributed by atoms with Crippen LogP contribution in [-0.2, 0) is 0 Å². The van der Waals surface area contributed by atoms with Gasteiger partial charge in [-0.3, -0.25) is 9.88 Å². The molecule has 0 aliphatic carbocycles. The van der Waals surface area contributed by atoms with E-state index in [2.05, 4.69) is 9.88 Å². The number of aliphatic hydroxyl groups is 1. The summed E-state index contributed by atoms with van der Waals surface area (Å²) in [4.78, 5) is 19.5. The number of rotatable bonds is 9. The van der Waals surface area contributed by atoms with Crippen molar-refractivity contribution >= 4 is 34.3 Å². The molecule has 2 rings (SSSR count). The van der Waals surface area contributed by atoms with Crippen molar-refractivity contribution in [2.75, 3.05) is 37.7 Å². The standard InChI is InChI=1S/C18H24ClN3O3/c1-2-21(11-12-23)9-3-4-10-22(18(24)25)17-7-8-20-16-13-14(19)5-6-15(16)17/h5-8,13,23H,2-4,9-12H2,1H3,(H,24,25). The van der Waals surface area contributed by atoms with Crippen LogP contribution in [0.1, 0.15) is 19.8 Å². The maximum absolute atomic E-state index is 11.7. The van der Waals surface area contributed by atoms with Crippen molar-refractivity contribution in [1.82, 2.24) is 9.88 Å². The van der Waals surface area contributed by atoms with Gasteiger partial charge in [0.25, 0.3) is 0 Å². The largest absolute Gasteiger partial charge is 0.465 e. The Kier molecular flexibility index (Phi) is 7.43. The van der Waals surface area contributed by atoms with Crippen LogP contribution in [0, 0.1) is 0 Å². The number of likely N-dealkylation sites (N-methyl/N-ethyl adjacent to an activating group) is 1. The number of halogens is 1. The first-order valence-corrected chi connectivity index (χ1v) is 8.82. The molecule has 0 aliphatic rings. The Balaban J connectivity index is 2.07. The summed E-state index contributed by atoms with van der Waals surface area (Å²) < 4.78 is 0. The fourth-order valence-electron chi connectivity index (χ4n) is 2.84. The molecule has 0 bridgehead atoms. The number of carbonyl (C=O) groups is 1. The van der Waals surface area contributed by atoms with E-state index in [1.165, 1.54) is 4.90 Å². The Bertz CT molecular complexity index is 711. The molecule has 1 heterocycles. The fraction of sp³-hybridized carbons (Fsp3) is 0.444. The van der Waals surface area contributed by atoms with Crippen molar-refractivity contribution in [1.29, 1.82) is 0 Å². The van der Waals surface area contributed by atoms with Gasteiger partial charge < -0.3 is 15.1 Å². The highest BCUT2D eigenvalue weighted by molar-refractivity contribution is 6.31. The Morgan fingerprint density at radius 2 is 1.96 bits per heavy atom. The summed E-state index contributed by atoms with van der Waals surface area (Å²) in [7, 11) is 0. The molecule has 0 saturated heterocycles. The normalized spacial score (nSPS) is 11.2. The molecule has 0 spiro atoms. The Morgan fingerprint density at radius 3 is 2.64 bits per heavy atom. The molecule has 0 atom stereocenters. The number of unbranched alkanes of at least 4 members (excludes halogenated alkanes) is 1. The highest BCUT2D eigenvalue weighted by atomic mass is 35.5. The molecule has 0 radical (unpaired) electrons. The molecule has 136 valence electrons. The summed E-state index contributed by atoms with van der Waals surface area (Å²) in [6.07, 6.45) is 2.23. The van der Waals surface area contributed by atoms with Crippen LogP contribution >= 0.6 is 11.6 Å². The van der Waals surface area contributed by atoms with Gasteiger partial charge in [0.1, 0.15) is 0 Å². The molecule has 2 aromatic rings. The number of carboxylic acid groups (broad SMARTS) is 1. The van der Waals surface area contributed by atoms with E-state index in [0.29, 0.717) is 29.3 Å². The van der Waals surface area contributed by atoms with Crippen molar-refractivity contribution in [2.45, 2.75) is 19.8 Å². The Hall–Kier alpha value is -1.89. The zero-order valence-corrected chi connectivity index (χ0v) is 15.1. The van der Waals surface area contributed by atoms with Crippen LogP contribution in [0.15, 0.2) is 30.5 Å². The number of pyridine rings is 1. The molecule has 0 saturated carbocycles. The summed E-state index contributed by atoms with van der Waals surface area (Å²) in [5.41, 5.74) is 1.30. The van der Waals surface area contributed by atoms with Crippen molar-refractivity contribution < 1.29 is 15.0 Å². The second-order valence-electron chi connectivity index (χ2n) is 5.79. The Morgan fingerprint density at radius 1 is 1.20 bits per heavy atom. The maximum atomic E-state index is 11.7. The number of fused-ring (bicyclic) bond motifs is 1. The number of benzene rings is 1. The van der Waals surface area contributed by atoms with Gasteiger partial charge in [-0.05, 0) is 50.2 Å². The minimum Gasteiger partial charge on any atom is -0.465 e. The van der Waals surface area contributed by atoms with Crippen LogP contribution in [0.5, 0.6) is 0 Å². The van der Waals surface area contributed by atoms with E-state index in [0.717, 1.165) is 31.3 Å². The number of hydrogen-bond acceptors (Lipinski definition) is 4. The number of anilines is 1. The lowest BCUT2D eigenvalue weighted by Crippen LogP contribution is -2.32. The highest BCUT2D eigenvalue weighted by Gasteiger charge is 2.17. The van der Waals surface area contributed by atoms with Gasteiger partial charge in [-0.1, -0.05) is 18.5 Å². The van der Waals surface area contributed by atoms with Crippen LogP contribution in [0.3, 0.4) is 0 Å². The van der Waals surface area contributed by atoms with E-state index in [-0.39, 0.29) is 6.61 Å². The summed E-state index contributed by atoms with van der Waals surface area (Å²) in [6, 6.07) is 6.99. The summed E-state index contributed by atoms with van der Waals surface area (Å²) in [5.74, 6) is 0. The third kappa shape index (κ3) is 5.29. The quantitative estimate of drug-likeness (QED) is 0.665. The third-order valence-electron chi connectivity index (χ3n) is 4.17. The number of amides is 1. The average Bonchev–Trinajstić information content (AvgIpc) is 2.59. The summed E-state index contributed by atoms with van der Waals surface area (Å²) in [6.45, 7) is 4.97. The number of hydrogen-bond donors (Lipinski definition) is 2. The topological polar surface area (TPSA) is 76.9 Å². The lowest BCUT2D eigenvalue weighted by atomic mass is 10.1. The van der Waals surface area contributed by atoms with Gasteiger partial charge in [0.15, 0.2) is 0 Å². The first-order chi connectivity index (χ1) is 12.1. The molecular weight excluding hydrogens is 342 g/mol. The predicted molar refractivity (Wildman–Crippen MR) is 101 cm³/mol. The van der Waals surface area contributed by atoms with Crippen LogP contribution in [0.25, 0.3) is 10.9 Å². The molecule has 7 heteroatoms. The monoisotopic (exact) mass is 365 g/mol. The summed E-state index contributed by atoms with van der Waals surface area (Å²) in [5, 5.41) is 20.0. The van der Waals surface area contributed by atoms with Crippen LogP contribution < -0.4 is 4.90 Å². The SMILES string of the molecule is CCN(CCO)CCCCN(C(=O)O)c1ccnc2cc(Cl)ccc12. The van der Waals surface area contributed by atoms with Gasteiger partial charge in [0.2, 0.25) is 0 Å². The van der Waals surface area contributed by atoms with E-state index in [9.17, 15) is 9.90 Å². The minimum atomic E-state index is -0.981.